The summed E-state index contributed by atoms with van der Waals surface area (Å²) >= 11 is 0. The van der Waals surface area contributed by atoms with Crippen LogP contribution in [0.15, 0.2) is 12.1 Å². The van der Waals surface area contributed by atoms with E-state index in [4.69, 9.17) is 4.74 Å². The van der Waals surface area contributed by atoms with E-state index in [-0.39, 0.29) is 18.1 Å². The predicted octanol–water partition coefficient (Wildman–Crippen LogP) is -0.774. The lowest BCUT2D eigenvalue weighted by atomic mass is 9.89. The van der Waals surface area contributed by atoms with E-state index >= 15 is 0 Å². The smallest absolute Gasteiger partial charge is 0.203 e. The molecule has 0 amide bonds. The highest BCUT2D eigenvalue weighted by atomic mass is 16.5. The van der Waals surface area contributed by atoms with Gasteiger partial charge >= 0.3 is 0 Å². The molecule has 0 bridgehead atoms. The molecule has 0 spiro atoms. The van der Waals surface area contributed by atoms with E-state index in [1.54, 1.807) is 13.9 Å². The number of fused-ring (bicyclic) bond motifs is 1. The van der Waals surface area contributed by atoms with Gasteiger partial charge in [0.15, 0.2) is 6.61 Å². The summed E-state index contributed by atoms with van der Waals surface area (Å²) in [5.74, 6) is 0.626. The maximum atomic E-state index is 11.2. The topological polar surface area (TPSA) is 46.5 Å². The van der Waals surface area contributed by atoms with Gasteiger partial charge in [-0.05, 0) is 6.07 Å². The second-order valence-electron chi connectivity index (χ2n) is 2.85. The fourth-order valence-electron chi connectivity index (χ4n) is 1.42. The average molecular weight is 162 g/mol. The number of ether oxygens (including phenoxy) is 1. The molecular weight excluding hydrogens is 155 g/mol. The summed E-state index contributed by atoms with van der Waals surface area (Å²) in [5, 5.41) is 9.17. The molecule has 0 saturated carbocycles. The first kappa shape index (κ1) is 7.22. The maximum absolute atomic E-state index is 11.2. The van der Waals surface area contributed by atoms with Crippen molar-refractivity contribution in [3.63, 3.8) is 0 Å². The van der Waals surface area contributed by atoms with Crippen LogP contribution in [0.4, 0.5) is 0 Å². The zero-order valence-corrected chi connectivity index (χ0v) is 6.63. The number of benzene rings is 1. The Hall–Kier alpha value is -1.45. The second kappa shape index (κ2) is 2.27. The number of hydrogen-bond donors (Lipinski definition) is 1. The van der Waals surface area contributed by atoms with Crippen LogP contribution in [0.5, 0.6) is 11.5 Å². The number of Topliss-reactive ketones (excluding diaryl/α,β-unsaturated/α-hetero) is 1. The summed E-state index contributed by atoms with van der Waals surface area (Å²) in [5.41, 5.74) is 1.38. The van der Waals surface area contributed by atoms with Crippen LogP contribution in [-0.4, -0.2) is 25.3 Å². The van der Waals surface area contributed by atoms with Crippen LogP contribution in [0, 0.1) is 0 Å². The van der Waals surface area contributed by atoms with Crippen molar-refractivity contribution in [1.82, 2.24) is 0 Å². The van der Waals surface area contributed by atoms with Crippen molar-refractivity contribution in [3.05, 3.63) is 17.7 Å². The van der Waals surface area contributed by atoms with E-state index in [0.29, 0.717) is 11.3 Å². The van der Waals surface area contributed by atoms with Crippen LogP contribution in [0.3, 0.4) is 0 Å². The fraction of sp³-hybridized carbons (Fsp3) is 0.125. The van der Waals surface area contributed by atoms with Gasteiger partial charge in [0, 0.05) is 6.07 Å². The molecular formula is C8H7BO3. The lowest BCUT2D eigenvalue weighted by Gasteiger charge is -2.01. The predicted molar refractivity (Wildman–Crippen MR) is 46.1 cm³/mol. The Kier molecular flexibility index (Phi) is 1.36. The second-order valence-corrected chi connectivity index (χ2v) is 2.85. The van der Waals surface area contributed by atoms with Crippen LogP contribution in [0.25, 0.3) is 0 Å². The number of ketones is 1. The molecule has 0 aromatic heterocycles. The van der Waals surface area contributed by atoms with Crippen LogP contribution >= 0.6 is 0 Å². The summed E-state index contributed by atoms with van der Waals surface area (Å²) in [6.45, 7) is 0.0969. The minimum Gasteiger partial charge on any atom is -0.508 e. The first-order valence-corrected chi connectivity index (χ1v) is 3.68. The fourth-order valence-corrected chi connectivity index (χ4v) is 1.42. The molecule has 0 atom stereocenters. The van der Waals surface area contributed by atoms with Crippen molar-refractivity contribution >= 4 is 19.1 Å². The van der Waals surface area contributed by atoms with Gasteiger partial charge in [-0.25, -0.2) is 0 Å². The molecule has 1 aromatic carbocycles. The quantitative estimate of drug-likeness (QED) is 0.509. The van der Waals surface area contributed by atoms with Crippen molar-refractivity contribution in [2.24, 2.45) is 0 Å². The number of phenolic OH excluding ortho intramolecular Hbond substituents is 1. The van der Waals surface area contributed by atoms with E-state index in [9.17, 15) is 9.90 Å². The average Bonchev–Trinajstić information content (AvgIpc) is 2.31. The number of carbonyl (C=O) groups is 1. The highest BCUT2D eigenvalue weighted by Gasteiger charge is 2.23. The van der Waals surface area contributed by atoms with Gasteiger partial charge in [-0.1, -0.05) is 5.46 Å². The third-order valence-corrected chi connectivity index (χ3v) is 1.92. The molecule has 60 valence electrons. The Bertz CT molecular complexity index is 360. The van der Waals surface area contributed by atoms with E-state index < -0.39 is 0 Å². The zero-order chi connectivity index (χ0) is 8.72. The van der Waals surface area contributed by atoms with Crippen molar-refractivity contribution in [3.8, 4) is 11.5 Å². The molecule has 1 aliphatic heterocycles. The van der Waals surface area contributed by atoms with Crippen molar-refractivity contribution in [2.75, 3.05) is 6.61 Å². The number of phenols is 1. The van der Waals surface area contributed by atoms with Crippen molar-refractivity contribution < 1.29 is 14.6 Å². The SMILES string of the molecule is Bc1cc(O)cc2c1C(=O)CO2. The highest BCUT2D eigenvalue weighted by molar-refractivity contribution is 6.37. The van der Waals surface area contributed by atoms with Gasteiger partial charge in [0.05, 0.1) is 5.56 Å². The molecule has 0 saturated heterocycles. The van der Waals surface area contributed by atoms with E-state index in [1.165, 1.54) is 6.07 Å². The monoisotopic (exact) mass is 162 g/mol. The molecule has 1 aliphatic rings. The van der Waals surface area contributed by atoms with Gasteiger partial charge < -0.3 is 9.84 Å². The normalized spacial score (nSPS) is 14.2. The van der Waals surface area contributed by atoms with Gasteiger partial charge in [0.2, 0.25) is 5.78 Å². The third-order valence-electron chi connectivity index (χ3n) is 1.92. The molecule has 0 aliphatic carbocycles. The molecule has 1 N–H and O–H groups in total. The number of aromatic hydroxyl groups is 1. The summed E-state index contributed by atoms with van der Waals surface area (Å²) in [4.78, 5) is 11.2. The van der Waals surface area contributed by atoms with Gasteiger partial charge in [0.25, 0.3) is 0 Å². The summed E-state index contributed by atoms with van der Waals surface area (Å²) in [6.07, 6.45) is 0. The Morgan fingerprint density at radius 2 is 2.25 bits per heavy atom. The summed E-state index contributed by atoms with van der Waals surface area (Å²) < 4.78 is 5.06. The first-order chi connectivity index (χ1) is 5.68. The van der Waals surface area contributed by atoms with Crippen LogP contribution in [0.2, 0.25) is 0 Å². The maximum Gasteiger partial charge on any atom is 0.203 e. The first-order valence-electron chi connectivity index (χ1n) is 3.68. The van der Waals surface area contributed by atoms with Crippen LogP contribution in [-0.2, 0) is 0 Å². The van der Waals surface area contributed by atoms with E-state index in [2.05, 4.69) is 0 Å². The molecule has 0 radical (unpaired) electrons. The van der Waals surface area contributed by atoms with Crippen molar-refractivity contribution in [2.45, 2.75) is 0 Å². The molecule has 3 nitrogen and oxygen atoms in total. The molecule has 12 heavy (non-hydrogen) atoms. The van der Waals surface area contributed by atoms with Crippen LogP contribution < -0.4 is 10.2 Å². The number of carbonyl (C=O) groups excluding carboxylic acids is 1. The van der Waals surface area contributed by atoms with E-state index in [1.807, 2.05) is 0 Å². The number of hydrogen-bond acceptors (Lipinski definition) is 3. The Labute approximate surface area is 70.4 Å². The minimum absolute atomic E-state index is 0.0116. The largest absolute Gasteiger partial charge is 0.508 e. The van der Waals surface area contributed by atoms with Gasteiger partial charge in [-0.15, -0.1) is 0 Å². The minimum atomic E-state index is -0.0116. The Morgan fingerprint density at radius 3 is 3.00 bits per heavy atom. The van der Waals surface area contributed by atoms with Crippen molar-refractivity contribution in [1.29, 1.82) is 0 Å². The summed E-state index contributed by atoms with van der Waals surface area (Å²) in [7, 11) is 1.78. The standard InChI is InChI=1S/C8H7BO3/c9-5-1-4(10)2-7-8(5)6(11)3-12-7/h1-2,10H,3,9H2. The van der Waals surface area contributed by atoms with Gasteiger partial charge in [-0.2, -0.15) is 0 Å². The number of rotatable bonds is 0. The highest BCUT2D eigenvalue weighted by Crippen LogP contribution is 2.26. The lowest BCUT2D eigenvalue weighted by Crippen LogP contribution is -2.13. The van der Waals surface area contributed by atoms with E-state index in [0.717, 1.165) is 5.46 Å². The molecule has 0 unspecified atom stereocenters. The Morgan fingerprint density at radius 1 is 1.50 bits per heavy atom. The van der Waals surface area contributed by atoms with Gasteiger partial charge in [0.1, 0.15) is 19.3 Å². The lowest BCUT2D eigenvalue weighted by molar-refractivity contribution is 0.0962. The molecule has 4 heteroatoms. The molecule has 0 fully saturated rings. The Balaban J connectivity index is 2.68. The molecule has 1 heterocycles. The molecule has 1 aromatic rings. The third kappa shape index (κ3) is 0.880. The molecule has 2 rings (SSSR count). The van der Waals surface area contributed by atoms with Gasteiger partial charge in [-0.3, -0.25) is 4.79 Å². The van der Waals surface area contributed by atoms with Crippen LogP contribution in [0.1, 0.15) is 10.4 Å². The zero-order valence-electron chi connectivity index (χ0n) is 6.63. The summed E-state index contributed by atoms with van der Waals surface area (Å²) in [6, 6.07) is 3.03.